The van der Waals surface area contributed by atoms with Crippen LogP contribution in [-0.4, -0.2) is 9.97 Å². The third-order valence-corrected chi connectivity index (χ3v) is 3.49. The number of azo groups is 1. The van der Waals surface area contributed by atoms with Crippen molar-refractivity contribution in [2.75, 3.05) is 0 Å². The zero-order valence-corrected chi connectivity index (χ0v) is 11.4. The highest BCUT2D eigenvalue weighted by molar-refractivity contribution is 9.11. The summed E-state index contributed by atoms with van der Waals surface area (Å²) in [5.41, 5.74) is 0.409. The number of nitrogens with zero attached hydrogens (tertiary/aromatic N) is 3. The zero-order chi connectivity index (χ0) is 12.3. The van der Waals surface area contributed by atoms with Crippen molar-refractivity contribution in [2.24, 2.45) is 10.2 Å². The molecule has 0 fully saturated rings. The van der Waals surface area contributed by atoms with Gasteiger partial charge in [0.15, 0.2) is 0 Å². The first-order valence-corrected chi connectivity index (χ1v) is 6.44. The standard InChI is InChI=1S/C10H9BrN4OS/c1-6-4-9(16)14-10(13-6)15-12-5-7-2-3-8(11)17-7/h2-4H,5H2,1H3,(H,13,14,16). The van der Waals surface area contributed by atoms with E-state index in [1.165, 1.54) is 6.07 Å². The Kier molecular flexibility index (Phi) is 3.80. The van der Waals surface area contributed by atoms with E-state index in [-0.39, 0.29) is 11.5 Å². The summed E-state index contributed by atoms with van der Waals surface area (Å²) < 4.78 is 1.06. The van der Waals surface area contributed by atoms with Gasteiger partial charge in [-0.05, 0) is 35.0 Å². The Morgan fingerprint density at radius 1 is 1.53 bits per heavy atom. The van der Waals surface area contributed by atoms with Crippen LogP contribution in [0.2, 0.25) is 0 Å². The van der Waals surface area contributed by atoms with E-state index in [1.807, 2.05) is 12.1 Å². The largest absolute Gasteiger partial charge is 0.290 e. The molecule has 0 spiro atoms. The number of hydrogen-bond donors (Lipinski definition) is 1. The molecule has 0 aliphatic heterocycles. The minimum absolute atomic E-state index is 0.217. The average molecular weight is 313 g/mol. The molecule has 1 N–H and O–H groups in total. The fraction of sp³-hybridized carbons (Fsp3) is 0.200. The van der Waals surface area contributed by atoms with Crippen molar-refractivity contribution < 1.29 is 0 Å². The number of H-pyrrole nitrogens is 1. The minimum Gasteiger partial charge on any atom is -0.290 e. The molecule has 0 atom stereocenters. The van der Waals surface area contributed by atoms with Gasteiger partial charge in [-0.25, -0.2) is 4.98 Å². The maximum atomic E-state index is 11.1. The van der Waals surface area contributed by atoms with E-state index in [2.05, 4.69) is 36.1 Å². The Hall–Kier alpha value is -1.34. The summed E-state index contributed by atoms with van der Waals surface area (Å²) >= 11 is 4.97. The van der Waals surface area contributed by atoms with Crippen molar-refractivity contribution in [2.45, 2.75) is 13.5 Å². The number of halogens is 1. The monoisotopic (exact) mass is 312 g/mol. The number of aryl methyl sites for hydroxylation is 1. The van der Waals surface area contributed by atoms with Gasteiger partial charge in [0.05, 0.1) is 10.3 Å². The summed E-state index contributed by atoms with van der Waals surface area (Å²) in [7, 11) is 0. The van der Waals surface area contributed by atoms with Gasteiger partial charge in [-0.2, -0.15) is 5.11 Å². The fourth-order valence-corrected chi connectivity index (χ4v) is 2.62. The number of nitrogens with one attached hydrogen (secondary N) is 1. The Bertz CT molecular complexity index is 604. The number of aromatic nitrogens is 2. The van der Waals surface area contributed by atoms with Crippen molar-refractivity contribution in [1.82, 2.24) is 9.97 Å². The molecule has 0 bridgehead atoms. The summed E-state index contributed by atoms with van der Waals surface area (Å²) in [6.07, 6.45) is 0. The lowest BCUT2D eigenvalue weighted by Gasteiger charge is -1.93. The lowest BCUT2D eigenvalue weighted by atomic mass is 10.4. The molecule has 17 heavy (non-hydrogen) atoms. The van der Waals surface area contributed by atoms with Crippen LogP contribution in [0.1, 0.15) is 10.6 Å². The van der Waals surface area contributed by atoms with E-state index < -0.39 is 0 Å². The van der Waals surface area contributed by atoms with Gasteiger partial charge in [-0.3, -0.25) is 9.78 Å². The van der Waals surface area contributed by atoms with Gasteiger partial charge < -0.3 is 0 Å². The second-order valence-electron chi connectivity index (χ2n) is 3.32. The van der Waals surface area contributed by atoms with Crippen molar-refractivity contribution in [1.29, 1.82) is 0 Å². The molecule has 0 aromatic carbocycles. The van der Waals surface area contributed by atoms with Crippen LogP contribution in [0, 0.1) is 6.92 Å². The lowest BCUT2D eigenvalue weighted by Crippen LogP contribution is -2.05. The Labute approximate surface area is 110 Å². The average Bonchev–Trinajstić information content (AvgIpc) is 2.63. The number of thiophene rings is 1. The number of hydrogen-bond acceptors (Lipinski definition) is 5. The van der Waals surface area contributed by atoms with Crippen molar-refractivity contribution in [3.05, 3.63) is 42.9 Å². The van der Waals surface area contributed by atoms with Crippen LogP contribution < -0.4 is 5.56 Å². The van der Waals surface area contributed by atoms with Crippen molar-refractivity contribution >= 4 is 33.2 Å². The highest BCUT2D eigenvalue weighted by atomic mass is 79.9. The molecule has 2 rings (SSSR count). The van der Waals surface area contributed by atoms with Gasteiger partial charge in [0.2, 0.25) is 5.95 Å². The zero-order valence-electron chi connectivity index (χ0n) is 8.98. The molecule has 0 amide bonds. The van der Waals surface area contributed by atoms with Crippen LogP contribution in [0.3, 0.4) is 0 Å². The Morgan fingerprint density at radius 2 is 2.35 bits per heavy atom. The normalized spacial score (nSPS) is 11.2. The Morgan fingerprint density at radius 3 is 3.00 bits per heavy atom. The number of rotatable bonds is 3. The van der Waals surface area contributed by atoms with E-state index in [9.17, 15) is 4.79 Å². The van der Waals surface area contributed by atoms with E-state index in [4.69, 9.17) is 0 Å². The summed E-state index contributed by atoms with van der Waals surface area (Å²) in [6.45, 7) is 2.22. The van der Waals surface area contributed by atoms with Gasteiger partial charge in [0.1, 0.15) is 0 Å². The topological polar surface area (TPSA) is 70.5 Å². The highest BCUT2D eigenvalue weighted by Crippen LogP contribution is 2.22. The predicted octanol–water partition coefficient (Wildman–Crippen LogP) is 3.19. The van der Waals surface area contributed by atoms with Crippen molar-refractivity contribution in [3.8, 4) is 0 Å². The van der Waals surface area contributed by atoms with Gasteiger partial charge in [-0.1, -0.05) is 0 Å². The van der Waals surface area contributed by atoms with Crippen LogP contribution in [0.25, 0.3) is 0 Å². The fourth-order valence-electron chi connectivity index (χ4n) is 1.22. The molecule has 0 radical (unpaired) electrons. The molecule has 2 heterocycles. The van der Waals surface area contributed by atoms with Crippen LogP contribution in [-0.2, 0) is 6.54 Å². The quantitative estimate of drug-likeness (QED) is 0.884. The van der Waals surface area contributed by atoms with Gasteiger partial charge in [-0.15, -0.1) is 16.5 Å². The smallest absolute Gasteiger partial charge is 0.252 e. The molecule has 5 nitrogen and oxygen atoms in total. The van der Waals surface area contributed by atoms with Crippen molar-refractivity contribution in [3.63, 3.8) is 0 Å². The summed E-state index contributed by atoms with van der Waals surface area (Å²) in [6, 6.07) is 5.35. The first kappa shape index (κ1) is 12.1. The van der Waals surface area contributed by atoms with Crippen LogP contribution in [0.4, 0.5) is 5.95 Å². The van der Waals surface area contributed by atoms with E-state index in [0.29, 0.717) is 12.2 Å². The molecule has 0 unspecified atom stereocenters. The molecule has 0 saturated heterocycles. The first-order valence-electron chi connectivity index (χ1n) is 4.83. The second kappa shape index (κ2) is 5.33. The number of aromatic amines is 1. The van der Waals surface area contributed by atoms with E-state index in [1.54, 1.807) is 18.3 Å². The summed E-state index contributed by atoms with van der Waals surface area (Å²) in [5, 5.41) is 7.87. The molecular weight excluding hydrogens is 304 g/mol. The lowest BCUT2D eigenvalue weighted by molar-refractivity contribution is 0.924. The van der Waals surface area contributed by atoms with Gasteiger partial charge in [0, 0.05) is 16.6 Å². The maximum Gasteiger partial charge on any atom is 0.252 e. The Balaban J connectivity index is 2.07. The first-order chi connectivity index (χ1) is 8.13. The molecule has 0 aliphatic rings. The predicted molar refractivity (Wildman–Crippen MR) is 69.8 cm³/mol. The molecule has 88 valence electrons. The summed E-state index contributed by atoms with van der Waals surface area (Å²) in [5.74, 6) is 0.241. The second-order valence-corrected chi connectivity index (χ2v) is 5.86. The minimum atomic E-state index is -0.217. The molecule has 0 saturated carbocycles. The molecular formula is C10H9BrN4OS. The third kappa shape index (κ3) is 3.57. The SMILES string of the molecule is Cc1cc(=O)[nH]c(N=NCc2ccc(Br)s2)n1. The summed E-state index contributed by atoms with van der Waals surface area (Å²) in [4.78, 5) is 18.8. The van der Waals surface area contributed by atoms with Crippen LogP contribution >= 0.6 is 27.3 Å². The maximum absolute atomic E-state index is 11.1. The van der Waals surface area contributed by atoms with Gasteiger partial charge in [0.25, 0.3) is 5.56 Å². The van der Waals surface area contributed by atoms with Gasteiger partial charge >= 0.3 is 0 Å². The van der Waals surface area contributed by atoms with Crippen LogP contribution in [0.15, 0.2) is 37.0 Å². The van der Waals surface area contributed by atoms with E-state index >= 15 is 0 Å². The third-order valence-electron chi connectivity index (χ3n) is 1.88. The van der Waals surface area contributed by atoms with E-state index in [0.717, 1.165) is 8.66 Å². The molecule has 2 aromatic rings. The molecule has 0 aliphatic carbocycles. The van der Waals surface area contributed by atoms with Crippen LogP contribution in [0.5, 0.6) is 0 Å². The molecule has 2 aromatic heterocycles. The highest BCUT2D eigenvalue weighted by Gasteiger charge is 1.97. The molecule has 7 heteroatoms.